The van der Waals surface area contributed by atoms with Crippen LogP contribution in [-0.4, -0.2) is 23.6 Å². The highest BCUT2D eigenvalue weighted by Gasteiger charge is 2.41. The predicted octanol–water partition coefficient (Wildman–Crippen LogP) is 12.5. The van der Waals surface area contributed by atoms with Gasteiger partial charge in [-0.05, 0) is 113 Å². The van der Waals surface area contributed by atoms with Crippen LogP contribution >= 0.6 is 0 Å². The lowest BCUT2D eigenvalue weighted by Crippen LogP contribution is -2.42. The van der Waals surface area contributed by atoms with Crippen LogP contribution in [0.3, 0.4) is 0 Å². The van der Waals surface area contributed by atoms with Gasteiger partial charge in [0, 0.05) is 33.0 Å². The van der Waals surface area contributed by atoms with Crippen LogP contribution in [0, 0.1) is 0 Å². The second kappa shape index (κ2) is 11.8. The molecular formula is C52H50N2O4. The van der Waals surface area contributed by atoms with E-state index in [4.69, 9.17) is 0 Å². The van der Waals surface area contributed by atoms with Crippen molar-refractivity contribution in [1.82, 2.24) is 0 Å². The zero-order valence-electron chi connectivity index (χ0n) is 35.6. The molecule has 4 amide bonds. The molecule has 0 bridgehead atoms. The number of amides is 4. The molecule has 0 aromatic heterocycles. The molecule has 0 N–H and O–H groups in total. The van der Waals surface area contributed by atoms with Crippen molar-refractivity contribution in [3.8, 4) is 0 Å². The zero-order valence-corrected chi connectivity index (χ0v) is 35.6. The fourth-order valence-corrected chi connectivity index (χ4v) is 9.34. The Labute approximate surface area is 340 Å². The summed E-state index contributed by atoms with van der Waals surface area (Å²) < 4.78 is 0. The number of benzene rings is 7. The van der Waals surface area contributed by atoms with Crippen LogP contribution in [0.4, 0.5) is 11.4 Å². The molecule has 9 rings (SSSR count). The van der Waals surface area contributed by atoms with E-state index in [1.54, 1.807) is 0 Å². The highest BCUT2D eigenvalue weighted by molar-refractivity contribution is 6.45. The summed E-state index contributed by atoms with van der Waals surface area (Å²) in [6.45, 7) is 25.4. The van der Waals surface area contributed by atoms with Gasteiger partial charge in [-0.3, -0.25) is 19.2 Å². The van der Waals surface area contributed by atoms with E-state index < -0.39 is 0 Å². The molecule has 2 aliphatic rings. The molecule has 6 nitrogen and oxygen atoms in total. The number of nitrogens with zero attached hydrogens (tertiary/aromatic N) is 2. The fourth-order valence-electron chi connectivity index (χ4n) is 9.34. The van der Waals surface area contributed by atoms with Crippen molar-refractivity contribution in [2.24, 2.45) is 0 Å². The van der Waals surface area contributed by atoms with Gasteiger partial charge in [0.15, 0.2) is 0 Å². The van der Waals surface area contributed by atoms with Crippen molar-refractivity contribution in [3.05, 3.63) is 129 Å². The van der Waals surface area contributed by atoms with Crippen LogP contribution < -0.4 is 9.80 Å². The van der Waals surface area contributed by atoms with Crippen LogP contribution in [0.1, 0.15) is 147 Å². The van der Waals surface area contributed by atoms with Crippen LogP contribution in [-0.2, 0) is 21.7 Å². The molecule has 2 aliphatic heterocycles. The standard InChI is InChI=1S/C52H50N2O4/c1-49(2,3)27-13-23-37(51(7,8)9)39(25-27)53-45(55)33-19-15-29-31-17-21-35-44-36(22-18-32(42(31)44)30-16-20-34(46(53)56)43(33)41(29)30)48(58)54(47(35)57)40-26-28(50(4,5)6)14-24-38(40)52(10,11)12/h13-26H,1-12H3. The zero-order chi connectivity index (χ0) is 41.8. The molecule has 0 unspecified atom stereocenters. The van der Waals surface area contributed by atoms with Gasteiger partial charge >= 0.3 is 0 Å². The molecule has 7 aromatic rings. The van der Waals surface area contributed by atoms with Gasteiger partial charge in [-0.15, -0.1) is 0 Å². The Morgan fingerprint density at radius 2 is 0.603 bits per heavy atom. The van der Waals surface area contributed by atoms with Gasteiger partial charge in [-0.1, -0.05) is 132 Å². The number of hydrogen-bond donors (Lipinski definition) is 0. The van der Waals surface area contributed by atoms with E-state index in [0.29, 0.717) is 44.4 Å². The van der Waals surface area contributed by atoms with Gasteiger partial charge in [0.25, 0.3) is 23.6 Å². The molecule has 0 atom stereocenters. The highest BCUT2D eigenvalue weighted by Crippen LogP contribution is 2.49. The second-order valence-electron chi connectivity index (χ2n) is 20.5. The van der Waals surface area contributed by atoms with Crippen LogP contribution in [0.2, 0.25) is 0 Å². The highest BCUT2D eigenvalue weighted by atomic mass is 16.2. The van der Waals surface area contributed by atoms with Crippen LogP contribution in [0.15, 0.2) is 84.9 Å². The number of carbonyl (C=O) groups is 4. The average Bonchev–Trinajstić information content (AvgIpc) is 3.14. The third kappa shape index (κ3) is 5.23. The summed E-state index contributed by atoms with van der Waals surface area (Å²) in [7, 11) is 0. The molecular weight excluding hydrogens is 717 g/mol. The van der Waals surface area contributed by atoms with E-state index in [-0.39, 0.29) is 45.3 Å². The maximum atomic E-state index is 14.8. The minimum absolute atomic E-state index is 0.194. The summed E-state index contributed by atoms with van der Waals surface area (Å²) in [6.07, 6.45) is 0. The van der Waals surface area contributed by atoms with E-state index in [0.717, 1.165) is 54.6 Å². The van der Waals surface area contributed by atoms with E-state index in [9.17, 15) is 19.2 Å². The number of imide groups is 2. The van der Waals surface area contributed by atoms with Crippen molar-refractivity contribution in [1.29, 1.82) is 0 Å². The van der Waals surface area contributed by atoms with Gasteiger partial charge < -0.3 is 0 Å². The lowest BCUT2D eigenvalue weighted by molar-refractivity contribution is 0.0877. The number of anilines is 2. The average molecular weight is 767 g/mol. The van der Waals surface area contributed by atoms with Gasteiger partial charge in [0.1, 0.15) is 0 Å². The maximum absolute atomic E-state index is 14.8. The summed E-state index contributed by atoms with van der Waals surface area (Å²) in [5.74, 6) is -1.41. The van der Waals surface area contributed by atoms with Gasteiger partial charge in [0.05, 0.1) is 11.4 Å². The third-order valence-electron chi connectivity index (χ3n) is 12.5. The Morgan fingerprint density at radius 1 is 0.328 bits per heavy atom. The topological polar surface area (TPSA) is 74.8 Å². The lowest BCUT2D eigenvalue weighted by Gasteiger charge is -2.34. The van der Waals surface area contributed by atoms with E-state index in [1.165, 1.54) is 9.80 Å². The van der Waals surface area contributed by atoms with Crippen molar-refractivity contribution in [2.45, 2.75) is 105 Å². The smallest absolute Gasteiger partial charge is 0.265 e. The molecule has 0 radical (unpaired) electrons. The molecule has 6 heteroatoms. The molecule has 0 fully saturated rings. The monoisotopic (exact) mass is 766 g/mol. The predicted molar refractivity (Wildman–Crippen MR) is 238 cm³/mol. The Balaban J connectivity index is 1.25. The van der Waals surface area contributed by atoms with E-state index >= 15 is 0 Å². The lowest BCUT2D eigenvalue weighted by atomic mass is 9.79. The van der Waals surface area contributed by atoms with Gasteiger partial charge in [-0.25, -0.2) is 9.80 Å². The minimum Gasteiger partial charge on any atom is -0.268 e. The maximum Gasteiger partial charge on any atom is 0.265 e. The quantitative estimate of drug-likeness (QED) is 0.0997. The summed E-state index contributed by atoms with van der Waals surface area (Å²) in [5.41, 5.74) is 5.98. The Kier molecular flexibility index (Phi) is 7.70. The molecule has 0 aliphatic carbocycles. The van der Waals surface area contributed by atoms with Crippen molar-refractivity contribution in [2.75, 3.05) is 9.80 Å². The van der Waals surface area contributed by atoms with Crippen molar-refractivity contribution in [3.63, 3.8) is 0 Å². The van der Waals surface area contributed by atoms with Crippen LogP contribution in [0.5, 0.6) is 0 Å². The molecule has 2 heterocycles. The SMILES string of the molecule is CC(C)(C)c1ccc(C(C)(C)C)c(N2C(=O)c3ccc4c5ccc6c7c(ccc(c8ccc(c3c48)C2=O)c75)C(=O)N(c2cc(C(C)(C)C)ccc2C(C)(C)C)C6=O)c1. The van der Waals surface area contributed by atoms with Crippen molar-refractivity contribution < 1.29 is 19.2 Å². The molecule has 0 saturated carbocycles. The Hall–Kier alpha value is -5.88. The number of carbonyl (C=O) groups excluding carboxylic acids is 4. The Bertz CT molecular complexity index is 2690. The summed E-state index contributed by atoms with van der Waals surface area (Å²) >= 11 is 0. The molecule has 0 spiro atoms. The molecule has 7 aromatic carbocycles. The summed E-state index contributed by atoms with van der Waals surface area (Å²) in [5, 5.41) is 6.38. The minimum atomic E-state index is -0.352. The number of hydrogen-bond acceptors (Lipinski definition) is 4. The fraction of sp³-hybridized carbons (Fsp3) is 0.308. The largest absolute Gasteiger partial charge is 0.268 e. The number of rotatable bonds is 2. The first kappa shape index (κ1) is 37.7. The third-order valence-corrected chi connectivity index (χ3v) is 12.5. The summed E-state index contributed by atoms with van der Waals surface area (Å²) in [6, 6.07) is 27.5. The first-order valence-corrected chi connectivity index (χ1v) is 20.3. The van der Waals surface area contributed by atoms with Gasteiger partial charge in [-0.2, -0.15) is 0 Å². The Morgan fingerprint density at radius 3 is 0.845 bits per heavy atom. The first-order chi connectivity index (χ1) is 27.0. The first-order valence-electron chi connectivity index (χ1n) is 20.3. The van der Waals surface area contributed by atoms with E-state index in [2.05, 4.69) is 107 Å². The second-order valence-corrected chi connectivity index (χ2v) is 20.5. The van der Waals surface area contributed by atoms with Gasteiger partial charge in [0.2, 0.25) is 0 Å². The molecule has 292 valence electrons. The van der Waals surface area contributed by atoms with Crippen LogP contribution in [0.25, 0.3) is 43.1 Å². The number of fused-ring (bicyclic) bond motifs is 2. The summed E-state index contributed by atoms with van der Waals surface area (Å²) in [4.78, 5) is 61.8. The normalized spacial score (nSPS) is 15.3. The molecule has 0 saturated heterocycles. The van der Waals surface area contributed by atoms with Crippen molar-refractivity contribution >= 4 is 78.1 Å². The van der Waals surface area contributed by atoms with E-state index in [1.807, 2.05) is 60.7 Å². The molecule has 58 heavy (non-hydrogen) atoms.